The number of ether oxygens (including phenoxy) is 2. The van der Waals surface area contributed by atoms with Crippen LogP contribution in [-0.4, -0.2) is 51.8 Å². The molecule has 1 saturated carbocycles. The van der Waals surface area contributed by atoms with Crippen molar-refractivity contribution < 1.29 is 24.2 Å². The molecule has 8 nitrogen and oxygen atoms in total. The van der Waals surface area contributed by atoms with E-state index < -0.39 is 6.10 Å². The molecule has 1 aromatic carbocycles. The smallest absolute Gasteiger partial charge is 0.258 e. The molecule has 0 spiro atoms. The molecule has 1 atom stereocenters. The van der Waals surface area contributed by atoms with Crippen molar-refractivity contribution in [2.75, 3.05) is 20.3 Å². The molecular weight excluding hydrogens is 422 g/mol. The standard InChI is InChI=1S/C25H31N3O5/c1-4-16-10-18(9-15(2)23(16)32-14-20(30)13-29)24-27-25(33-28-24)19-11-21(17-7-5-6-8-17)26-22(12-19)31-3/h9-12,17,20,29-30H,4-8,13-14H2,1-3H3. The molecule has 0 aliphatic heterocycles. The summed E-state index contributed by atoms with van der Waals surface area (Å²) in [6.45, 7) is 3.66. The van der Waals surface area contributed by atoms with Crippen molar-refractivity contribution in [2.24, 2.45) is 0 Å². The second kappa shape index (κ2) is 10.3. The van der Waals surface area contributed by atoms with Crippen molar-refractivity contribution in [3.8, 4) is 34.5 Å². The van der Waals surface area contributed by atoms with Gasteiger partial charge in [0, 0.05) is 28.8 Å². The molecule has 2 heterocycles. The summed E-state index contributed by atoms with van der Waals surface area (Å²) >= 11 is 0. The maximum atomic E-state index is 9.62. The molecule has 0 saturated heterocycles. The summed E-state index contributed by atoms with van der Waals surface area (Å²) in [6, 6.07) is 7.76. The number of aryl methyl sites for hydroxylation is 2. The van der Waals surface area contributed by atoms with E-state index in [2.05, 4.69) is 15.1 Å². The minimum Gasteiger partial charge on any atom is -0.490 e. The Morgan fingerprint density at radius 1 is 1.12 bits per heavy atom. The van der Waals surface area contributed by atoms with Gasteiger partial charge < -0.3 is 24.2 Å². The van der Waals surface area contributed by atoms with Gasteiger partial charge in [-0.1, -0.05) is 24.9 Å². The maximum absolute atomic E-state index is 9.62. The fourth-order valence-electron chi connectivity index (χ4n) is 4.32. The molecule has 1 aliphatic carbocycles. The van der Waals surface area contributed by atoms with E-state index in [0.29, 0.717) is 29.3 Å². The number of hydrogen-bond donors (Lipinski definition) is 2. The van der Waals surface area contributed by atoms with Gasteiger partial charge in [0.15, 0.2) is 0 Å². The zero-order valence-electron chi connectivity index (χ0n) is 19.4. The van der Waals surface area contributed by atoms with E-state index in [1.165, 1.54) is 12.8 Å². The highest BCUT2D eigenvalue weighted by atomic mass is 16.5. The molecule has 2 aromatic heterocycles. The molecule has 8 heteroatoms. The lowest BCUT2D eigenvalue weighted by Gasteiger charge is -2.16. The molecule has 1 aliphatic rings. The van der Waals surface area contributed by atoms with Gasteiger partial charge in [-0.3, -0.25) is 0 Å². The number of rotatable bonds is 9. The van der Waals surface area contributed by atoms with Crippen LogP contribution in [0.15, 0.2) is 28.8 Å². The third kappa shape index (κ3) is 5.17. The normalized spacial score (nSPS) is 15.1. The number of aromatic nitrogens is 3. The fourth-order valence-corrected chi connectivity index (χ4v) is 4.32. The van der Waals surface area contributed by atoms with Gasteiger partial charge in [0.25, 0.3) is 5.89 Å². The van der Waals surface area contributed by atoms with Gasteiger partial charge in [-0.05, 0) is 55.5 Å². The molecule has 1 fully saturated rings. The van der Waals surface area contributed by atoms with E-state index in [-0.39, 0.29) is 13.2 Å². The maximum Gasteiger partial charge on any atom is 0.258 e. The number of hydrogen-bond acceptors (Lipinski definition) is 8. The first-order valence-corrected chi connectivity index (χ1v) is 11.5. The van der Waals surface area contributed by atoms with Crippen LogP contribution in [0.25, 0.3) is 22.8 Å². The zero-order valence-corrected chi connectivity index (χ0v) is 19.4. The van der Waals surface area contributed by atoms with Crippen molar-refractivity contribution in [3.63, 3.8) is 0 Å². The number of pyridine rings is 1. The van der Waals surface area contributed by atoms with Crippen LogP contribution >= 0.6 is 0 Å². The van der Waals surface area contributed by atoms with Crippen molar-refractivity contribution in [1.29, 1.82) is 0 Å². The highest BCUT2D eigenvalue weighted by molar-refractivity contribution is 5.64. The van der Waals surface area contributed by atoms with E-state index in [1.54, 1.807) is 7.11 Å². The first-order valence-electron chi connectivity index (χ1n) is 11.5. The minimum atomic E-state index is -0.917. The van der Waals surface area contributed by atoms with Crippen LogP contribution in [0.4, 0.5) is 0 Å². The van der Waals surface area contributed by atoms with Crippen LogP contribution in [0, 0.1) is 6.92 Å². The average molecular weight is 454 g/mol. The van der Waals surface area contributed by atoms with E-state index in [0.717, 1.165) is 47.2 Å². The molecule has 3 aromatic rings. The first kappa shape index (κ1) is 23.2. The molecule has 1 unspecified atom stereocenters. The Hall–Kier alpha value is -2.97. The number of nitrogens with zero attached hydrogens (tertiary/aromatic N) is 3. The van der Waals surface area contributed by atoms with Crippen molar-refractivity contribution in [2.45, 2.75) is 58.0 Å². The summed E-state index contributed by atoms with van der Waals surface area (Å²) in [5.74, 6) is 2.60. The van der Waals surface area contributed by atoms with E-state index in [9.17, 15) is 5.11 Å². The number of aliphatic hydroxyl groups excluding tert-OH is 2. The van der Waals surface area contributed by atoms with E-state index in [1.807, 2.05) is 38.1 Å². The Balaban J connectivity index is 1.63. The average Bonchev–Trinajstić information content (AvgIpc) is 3.55. The second-order valence-electron chi connectivity index (χ2n) is 8.51. The van der Waals surface area contributed by atoms with Crippen LogP contribution in [-0.2, 0) is 6.42 Å². The van der Waals surface area contributed by atoms with Crippen molar-refractivity contribution in [1.82, 2.24) is 15.1 Å². The summed E-state index contributed by atoms with van der Waals surface area (Å²) in [4.78, 5) is 9.30. The lowest BCUT2D eigenvalue weighted by atomic mass is 10.0. The molecule has 176 valence electrons. The van der Waals surface area contributed by atoms with Gasteiger partial charge in [-0.15, -0.1) is 0 Å². The molecule has 0 bridgehead atoms. The monoisotopic (exact) mass is 453 g/mol. The lowest BCUT2D eigenvalue weighted by Crippen LogP contribution is -2.22. The van der Waals surface area contributed by atoms with Crippen LogP contribution in [0.5, 0.6) is 11.6 Å². The number of benzene rings is 1. The third-order valence-corrected chi connectivity index (χ3v) is 6.10. The zero-order chi connectivity index (χ0) is 23.4. The quantitative estimate of drug-likeness (QED) is 0.499. The van der Waals surface area contributed by atoms with Crippen molar-refractivity contribution >= 4 is 0 Å². The van der Waals surface area contributed by atoms with Gasteiger partial charge in [0.1, 0.15) is 18.5 Å². The molecule has 0 radical (unpaired) electrons. The van der Waals surface area contributed by atoms with Crippen molar-refractivity contribution in [3.05, 3.63) is 41.1 Å². The van der Waals surface area contributed by atoms with Gasteiger partial charge in [-0.25, -0.2) is 4.98 Å². The largest absolute Gasteiger partial charge is 0.490 e. The van der Waals surface area contributed by atoms with E-state index in [4.69, 9.17) is 19.1 Å². The van der Waals surface area contributed by atoms with Gasteiger partial charge in [-0.2, -0.15) is 4.98 Å². The van der Waals surface area contributed by atoms with Crippen LogP contribution in [0.2, 0.25) is 0 Å². The number of methoxy groups -OCH3 is 1. The SMILES string of the molecule is CCc1cc(-c2noc(-c3cc(OC)nc(C4CCCC4)c3)n2)cc(C)c1OCC(O)CO. The Morgan fingerprint density at radius 3 is 2.61 bits per heavy atom. The summed E-state index contributed by atoms with van der Waals surface area (Å²) in [5, 5.41) is 22.9. The topological polar surface area (TPSA) is 111 Å². The fraction of sp³-hybridized carbons (Fsp3) is 0.480. The lowest BCUT2D eigenvalue weighted by molar-refractivity contribution is 0.0531. The molecule has 2 N–H and O–H groups in total. The Morgan fingerprint density at radius 2 is 1.91 bits per heavy atom. The molecular formula is C25H31N3O5. The highest BCUT2D eigenvalue weighted by Crippen LogP contribution is 2.36. The van der Waals surface area contributed by atoms with Gasteiger partial charge in [0.05, 0.1) is 13.7 Å². The van der Waals surface area contributed by atoms with Crippen LogP contribution < -0.4 is 9.47 Å². The second-order valence-corrected chi connectivity index (χ2v) is 8.51. The summed E-state index contributed by atoms with van der Waals surface area (Å²) in [7, 11) is 1.61. The highest BCUT2D eigenvalue weighted by Gasteiger charge is 2.22. The Bertz CT molecular complexity index is 1090. The first-order chi connectivity index (χ1) is 16.0. The minimum absolute atomic E-state index is 0.0310. The van der Waals surface area contributed by atoms with Crippen LogP contribution in [0.1, 0.15) is 55.3 Å². The summed E-state index contributed by atoms with van der Waals surface area (Å²) in [6.07, 6.45) is 4.54. The predicted octanol–water partition coefficient (Wildman–Crippen LogP) is 4.07. The van der Waals surface area contributed by atoms with Gasteiger partial charge in [0.2, 0.25) is 11.7 Å². The molecule has 0 amide bonds. The third-order valence-electron chi connectivity index (χ3n) is 6.10. The number of aliphatic hydroxyl groups is 2. The summed E-state index contributed by atoms with van der Waals surface area (Å²) < 4.78 is 16.8. The van der Waals surface area contributed by atoms with Gasteiger partial charge >= 0.3 is 0 Å². The molecule has 4 rings (SSSR count). The Labute approximate surface area is 193 Å². The predicted molar refractivity (Wildman–Crippen MR) is 123 cm³/mol. The Kier molecular flexibility index (Phi) is 7.25. The molecule has 33 heavy (non-hydrogen) atoms. The van der Waals surface area contributed by atoms with E-state index >= 15 is 0 Å². The van der Waals surface area contributed by atoms with Crippen LogP contribution in [0.3, 0.4) is 0 Å². The summed E-state index contributed by atoms with van der Waals surface area (Å²) in [5.41, 5.74) is 4.50.